The molecule has 1 fully saturated rings. The van der Waals surface area contributed by atoms with Gasteiger partial charge in [0.15, 0.2) is 0 Å². The van der Waals surface area contributed by atoms with E-state index in [1.165, 1.54) is 18.9 Å². The van der Waals surface area contributed by atoms with Gasteiger partial charge in [-0.25, -0.2) is 4.39 Å². The Morgan fingerprint density at radius 2 is 2.12 bits per heavy atom. The normalized spacial score (nSPS) is 19.0. The number of halogens is 1. The van der Waals surface area contributed by atoms with Crippen molar-refractivity contribution in [3.8, 4) is 0 Å². The van der Waals surface area contributed by atoms with E-state index in [1.54, 1.807) is 13.2 Å². The predicted octanol–water partition coefficient (Wildman–Crippen LogP) is 2.90. The number of methoxy groups -OCH3 is 1. The van der Waals surface area contributed by atoms with Crippen LogP contribution in [0, 0.1) is 11.7 Å². The lowest BCUT2D eigenvalue weighted by molar-refractivity contribution is 0.0501. The highest BCUT2D eigenvalue weighted by molar-refractivity contribution is 5.23. The second-order valence-corrected chi connectivity index (χ2v) is 4.59. The first-order valence-corrected chi connectivity index (χ1v) is 6.28. The minimum absolute atomic E-state index is 0.0429. The number of ether oxygens (including phenoxy) is 1. The molecule has 0 aromatic heterocycles. The molecule has 1 aromatic carbocycles. The van der Waals surface area contributed by atoms with Gasteiger partial charge in [0.25, 0.3) is 0 Å². The summed E-state index contributed by atoms with van der Waals surface area (Å²) in [6.07, 6.45) is 2.45. The van der Waals surface area contributed by atoms with Crippen LogP contribution in [0.4, 0.5) is 4.39 Å². The van der Waals surface area contributed by atoms with Crippen molar-refractivity contribution in [1.29, 1.82) is 0 Å². The van der Waals surface area contributed by atoms with Crippen molar-refractivity contribution in [1.82, 2.24) is 5.32 Å². The molecular formula is C14H20FNO. The van der Waals surface area contributed by atoms with Crippen LogP contribution in [-0.2, 0) is 4.74 Å². The zero-order valence-corrected chi connectivity index (χ0v) is 10.4. The molecule has 0 bridgehead atoms. The second kappa shape index (κ2) is 5.61. The first kappa shape index (κ1) is 12.5. The van der Waals surface area contributed by atoms with E-state index in [4.69, 9.17) is 4.74 Å². The van der Waals surface area contributed by atoms with E-state index in [2.05, 4.69) is 5.32 Å². The van der Waals surface area contributed by atoms with Crippen LogP contribution in [0.25, 0.3) is 0 Å². The van der Waals surface area contributed by atoms with E-state index in [0.717, 1.165) is 6.54 Å². The number of hydrogen-bond donors (Lipinski definition) is 1. The molecule has 1 N–H and O–H groups in total. The van der Waals surface area contributed by atoms with Gasteiger partial charge in [0.1, 0.15) is 5.82 Å². The summed E-state index contributed by atoms with van der Waals surface area (Å²) in [5.41, 5.74) is 0.716. The summed E-state index contributed by atoms with van der Waals surface area (Å²) in [5.74, 6) is 0.421. The minimum Gasteiger partial charge on any atom is -0.379 e. The van der Waals surface area contributed by atoms with Crippen LogP contribution >= 0.6 is 0 Å². The van der Waals surface area contributed by atoms with Gasteiger partial charge in [0.2, 0.25) is 0 Å². The average molecular weight is 237 g/mol. The molecule has 1 aromatic rings. The van der Waals surface area contributed by atoms with Gasteiger partial charge in [-0.2, -0.15) is 0 Å². The highest BCUT2D eigenvalue weighted by atomic mass is 19.1. The van der Waals surface area contributed by atoms with Gasteiger partial charge in [-0.15, -0.1) is 0 Å². The maximum atomic E-state index is 13.8. The van der Waals surface area contributed by atoms with Crippen LogP contribution < -0.4 is 5.32 Å². The van der Waals surface area contributed by atoms with Crippen LogP contribution in [0.15, 0.2) is 24.3 Å². The third-order valence-corrected chi connectivity index (χ3v) is 3.35. The molecule has 0 heterocycles. The topological polar surface area (TPSA) is 21.3 Å². The Labute approximate surface area is 102 Å². The highest BCUT2D eigenvalue weighted by Crippen LogP contribution is 2.40. The summed E-state index contributed by atoms with van der Waals surface area (Å²) in [5, 5.41) is 3.35. The van der Waals surface area contributed by atoms with E-state index >= 15 is 0 Å². The summed E-state index contributed by atoms with van der Waals surface area (Å²) < 4.78 is 19.4. The lowest BCUT2D eigenvalue weighted by atomic mass is 9.97. The third-order valence-electron chi connectivity index (χ3n) is 3.35. The molecule has 2 nitrogen and oxygen atoms in total. The van der Waals surface area contributed by atoms with Crippen molar-refractivity contribution in [2.75, 3.05) is 13.7 Å². The van der Waals surface area contributed by atoms with Gasteiger partial charge in [-0.05, 0) is 31.4 Å². The molecular weight excluding hydrogens is 217 g/mol. The average Bonchev–Trinajstić information content (AvgIpc) is 3.14. The number of benzene rings is 1. The maximum absolute atomic E-state index is 13.8. The van der Waals surface area contributed by atoms with Crippen LogP contribution in [0.5, 0.6) is 0 Å². The smallest absolute Gasteiger partial charge is 0.128 e. The summed E-state index contributed by atoms with van der Waals surface area (Å²) in [6, 6.07) is 6.91. The van der Waals surface area contributed by atoms with Gasteiger partial charge in [0, 0.05) is 12.7 Å². The number of likely N-dealkylation sites (N-methyl/N-ethyl adjacent to an activating group) is 1. The fourth-order valence-electron chi connectivity index (χ4n) is 2.38. The lowest BCUT2D eigenvalue weighted by Gasteiger charge is -2.27. The third kappa shape index (κ3) is 2.85. The highest BCUT2D eigenvalue weighted by Gasteiger charge is 2.37. The second-order valence-electron chi connectivity index (χ2n) is 4.59. The molecule has 1 aliphatic rings. The number of rotatable bonds is 6. The van der Waals surface area contributed by atoms with Crippen molar-refractivity contribution in [3.05, 3.63) is 35.6 Å². The van der Waals surface area contributed by atoms with Crippen molar-refractivity contribution >= 4 is 0 Å². The van der Waals surface area contributed by atoms with Crippen molar-refractivity contribution in [2.24, 2.45) is 5.92 Å². The van der Waals surface area contributed by atoms with Gasteiger partial charge in [-0.3, -0.25) is 0 Å². The summed E-state index contributed by atoms with van der Waals surface area (Å²) >= 11 is 0. The standard InChI is InChI=1S/C14H20FNO/c1-3-16-13(14(17-2)10-8-9-10)11-6-4-5-7-12(11)15/h4-7,10,13-14,16H,3,8-9H2,1-2H3. The molecule has 0 amide bonds. The van der Waals surface area contributed by atoms with Gasteiger partial charge < -0.3 is 10.1 Å². The Morgan fingerprint density at radius 1 is 1.41 bits per heavy atom. The predicted molar refractivity (Wildman–Crippen MR) is 66.3 cm³/mol. The van der Waals surface area contributed by atoms with E-state index in [9.17, 15) is 4.39 Å². The largest absolute Gasteiger partial charge is 0.379 e. The van der Waals surface area contributed by atoms with Gasteiger partial charge in [0.05, 0.1) is 12.1 Å². The molecule has 1 aliphatic carbocycles. The molecule has 0 radical (unpaired) electrons. The first-order chi connectivity index (χ1) is 8.27. The molecule has 0 saturated heterocycles. The summed E-state index contributed by atoms with van der Waals surface area (Å²) in [4.78, 5) is 0. The molecule has 2 rings (SSSR count). The Kier molecular flexibility index (Phi) is 4.13. The van der Waals surface area contributed by atoms with Crippen LogP contribution in [0.3, 0.4) is 0 Å². The Balaban J connectivity index is 2.24. The minimum atomic E-state index is -0.152. The molecule has 3 heteroatoms. The molecule has 2 unspecified atom stereocenters. The maximum Gasteiger partial charge on any atom is 0.128 e. The van der Waals surface area contributed by atoms with Crippen molar-refractivity contribution in [2.45, 2.75) is 31.9 Å². The Hall–Kier alpha value is -0.930. The number of hydrogen-bond acceptors (Lipinski definition) is 2. The molecule has 0 spiro atoms. The lowest BCUT2D eigenvalue weighted by Crippen LogP contribution is -2.35. The molecule has 94 valence electrons. The van der Waals surface area contributed by atoms with E-state index in [0.29, 0.717) is 11.5 Å². The Morgan fingerprint density at radius 3 is 2.65 bits per heavy atom. The van der Waals surface area contributed by atoms with Crippen LogP contribution in [0.2, 0.25) is 0 Å². The van der Waals surface area contributed by atoms with Crippen molar-refractivity contribution in [3.63, 3.8) is 0 Å². The zero-order valence-electron chi connectivity index (χ0n) is 10.4. The Bertz CT molecular complexity index is 365. The van der Waals surface area contributed by atoms with Gasteiger partial charge >= 0.3 is 0 Å². The summed E-state index contributed by atoms with van der Waals surface area (Å²) in [6.45, 7) is 2.85. The molecule has 0 aliphatic heterocycles. The summed E-state index contributed by atoms with van der Waals surface area (Å²) in [7, 11) is 1.72. The van der Waals surface area contributed by atoms with Crippen molar-refractivity contribution < 1.29 is 9.13 Å². The quantitative estimate of drug-likeness (QED) is 0.821. The molecule has 17 heavy (non-hydrogen) atoms. The first-order valence-electron chi connectivity index (χ1n) is 6.28. The van der Waals surface area contributed by atoms with Gasteiger partial charge in [-0.1, -0.05) is 25.1 Å². The molecule has 2 atom stereocenters. The van der Waals surface area contributed by atoms with E-state index in [1.807, 2.05) is 19.1 Å². The number of nitrogens with one attached hydrogen (secondary N) is 1. The van der Waals surface area contributed by atoms with Crippen LogP contribution in [0.1, 0.15) is 31.4 Å². The fraction of sp³-hybridized carbons (Fsp3) is 0.571. The molecule has 1 saturated carbocycles. The fourth-order valence-corrected chi connectivity index (χ4v) is 2.38. The monoisotopic (exact) mass is 237 g/mol. The van der Waals surface area contributed by atoms with Crippen LogP contribution in [-0.4, -0.2) is 19.8 Å². The van der Waals surface area contributed by atoms with E-state index in [-0.39, 0.29) is 18.0 Å². The zero-order chi connectivity index (χ0) is 12.3. The van der Waals surface area contributed by atoms with E-state index < -0.39 is 0 Å². The SMILES string of the molecule is CCNC(c1ccccc1F)C(OC)C1CC1.